The monoisotopic (exact) mass is 343 g/mol. The van der Waals surface area contributed by atoms with Crippen molar-refractivity contribution in [1.82, 2.24) is 4.98 Å². The zero-order valence-electron chi connectivity index (χ0n) is 10.0. The summed E-state index contributed by atoms with van der Waals surface area (Å²) in [4.78, 5) is 16.1. The standard InChI is InChI=1S/C12H11BrFN3OS/c1-2-15-10-7(4-3-5-8(10)14)11(18)17-12-16-6-9(13)19-12/h3-6,15H,2H2,1H3,(H,16,17,18). The fourth-order valence-corrected chi connectivity index (χ4v) is 2.65. The molecule has 0 spiro atoms. The summed E-state index contributed by atoms with van der Waals surface area (Å²) in [5.74, 6) is -0.841. The van der Waals surface area contributed by atoms with Crippen molar-refractivity contribution in [3.8, 4) is 0 Å². The molecule has 0 bridgehead atoms. The van der Waals surface area contributed by atoms with Crippen LogP contribution < -0.4 is 10.6 Å². The molecule has 2 N–H and O–H groups in total. The summed E-state index contributed by atoms with van der Waals surface area (Å²) in [6, 6.07) is 4.39. The van der Waals surface area contributed by atoms with Crippen LogP contribution in [0.4, 0.5) is 15.2 Å². The van der Waals surface area contributed by atoms with E-state index in [2.05, 4.69) is 31.5 Å². The largest absolute Gasteiger partial charge is 0.382 e. The van der Waals surface area contributed by atoms with Crippen LogP contribution in [0.2, 0.25) is 0 Å². The molecule has 0 unspecified atom stereocenters. The fourth-order valence-electron chi connectivity index (χ4n) is 1.55. The highest BCUT2D eigenvalue weighted by atomic mass is 79.9. The third-order valence-corrected chi connectivity index (χ3v) is 3.70. The van der Waals surface area contributed by atoms with E-state index in [1.165, 1.54) is 23.5 Å². The summed E-state index contributed by atoms with van der Waals surface area (Å²) < 4.78 is 14.5. The molecule has 2 aromatic rings. The van der Waals surface area contributed by atoms with Gasteiger partial charge in [-0.05, 0) is 35.0 Å². The Morgan fingerprint density at radius 2 is 2.32 bits per heavy atom. The quantitative estimate of drug-likeness (QED) is 0.889. The van der Waals surface area contributed by atoms with Gasteiger partial charge in [-0.15, -0.1) is 0 Å². The molecular formula is C12H11BrFN3OS. The molecule has 0 aliphatic heterocycles. The molecule has 2 rings (SSSR count). The van der Waals surface area contributed by atoms with Crippen molar-refractivity contribution in [3.63, 3.8) is 0 Å². The number of para-hydroxylation sites is 1. The highest BCUT2D eigenvalue weighted by Crippen LogP contribution is 2.25. The molecular weight excluding hydrogens is 333 g/mol. The first-order chi connectivity index (χ1) is 9.11. The van der Waals surface area contributed by atoms with Crippen LogP contribution in [0.5, 0.6) is 0 Å². The molecule has 0 aliphatic rings. The minimum Gasteiger partial charge on any atom is -0.382 e. The van der Waals surface area contributed by atoms with E-state index >= 15 is 0 Å². The molecule has 19 heavy (non-hydrogen) atoms. The third kappa shape index (κ3) is 3.30. The Balaban J connectivity index is 2.25. The lowest BCUT2D eigenvalue weighted by atomic mass is 10.1. The van der Waals surface area contributed by atoms with Crippen LogP contribution in [0.3, 0.4) is 0 Å². The number of hydrogen-bond acceptors (Lipinski definition) is 4. The summed E-state index contributed by atoms with van der Waals surface area (Å²) in [5.41, 5.74) is 0.464. The molecule has 0 saturated heterocycles. The number of nitrogens with zero attached hydrogens (tertiary/aromatic N) is 1. The Morgan fingerprint density at radius 1 is 1.53 bits per heavy atom. The number of carbonyl (C=O) groups excluding carboxylic acids is 1. The van der Waals surface area contributed by atoms with Crippen molar-refractivity contribution < 1.29 is 9.18 Å². The van der Waals surface area contributed by atoms with Crippen LogP contribution >= 0.6 is 27.3 Å². The van der Waals surface area contributed by atoms with Gasteiger partial charge in [0.05, 0.1) is 21.2 Å². The number of amides is 1. The number of rotatable bonds is 4. The minimum absolute atomic E-state index is 0.207. The van der Waals surface area contributed by atoms with E-state index in [0.717, 1.165) is 3.79 Å². The lowest BCUT2D eigenvalue weighted by Crippen LogP contribution is -2.15. The maximum absolute atomic E-state index is 13.7. The Hall–Kier alpha value is -1.47. The second-order valence-electron chi connectivity index (χ2n) is 3.62. The Morgan fingerprint density at radius 3 is 2.95 bits per heavy atom. The number of carbonyl (C=O) groups is 1. The lowest BCUT2D eigenvalue weighted by Gasteiger charge is -2.10. The van der Waals surface area contributed by atoms with Crippen molar-refractivity contribution in [2.45, 2.75) is 6.92 Å². The van der Waals surface area contributed by atoms with Crippen LogP contribution in [-0.4, -0.2) is 17.4 Å². The zero-order valence-corrected chi connectivity index (χ0v) is 12.4. The van der Waals surface area contributed by atoms with Gasteiger partial charge in [-0.1, -0.05) is 17.4 Å². The molecule has 1 aromatic carbocycles. The molecule has 7 heteroatoms. The van der Waals surface area contributed by atoms with E-state index in [4.69, 9.17) is 0 Å². The van der Waals surface area contributed by atoms with Gasteiger partial charge in [-0.25, -0.2) is 9.37 Å². The van der Waals surface area contributed by atoms with Gasteiger partial charge in [-0.3, -0.25) is 10.1 Å². The number of halogens is 2. The van der Waals surface area contributed by atoms with Gasteiger partial charge in [0.25, 0.3) is 5.91 Å². The Bertz CT molecular complexity index is 602. The smallest absolute Gasteiger partial charge is 0.259 e. The van der Waals surface area contributed by atoms with Crippen molar-refractivity contribution in [2.24, 2.45) is 0 Å². The fraction of sp³-hybridized carbons (Fsp3) is 0.167. The lowest BCUT2D eigenvalue weighted by molar-refractivity contribution is 0.102. The molecule has 0 atom stereocenters. The zero-order chi connectivity index (χ0) is 13.8. The van der Waals surface area contributed by atoms with Crippen molar-refractivity contribution in [1.29, 1.82) is 0 Å². The first-order valence-corrected chi connectivity index (χ1v) is 7.17. The second kappa shape index (κ2) is 6.12. The number of anilines is 2. The molecule has 0 aliphatic carbocycles. The van der Waals surface area contributed by atoms with E-state index < -0.39 is 11.7 Å². The maximum atomic E-state index is 13.7. The highest BCUT2D eigenvalue weighted by Gasteiger charge is 2.15. The molecule has 0 fully saturated rings. The van der Waals surface area contributed by atoms with Gasteiger partial charge in [0, 0.05) is 6.54 Å². The van der Waals surface area contributed by atoms with Gasteiger partial charge >= 0.3 is 0 Å². The Kier molecular flexibility index (Phi) is 4.49. The second-order valence-corrected chi connectivity index (χ2v) is 6.03. The average Bonchev–Trinajstić information content (AvgIpc) is 2.77. The average molecular weight is 344 g/mol. The normalized spacial score (nSPS) is 10.3. The van der Waals surface area contributed by atoms with E-state index in [0.29, 0.717) is 11.7 Å². The number of aromatic nitrogens is 1. The number of thiazole rings is 1. The summed E-state index contributed by atoms with van der Waals surface area (Å²) in [5, 5.41) is 5.95. The van der Waals surface area contributed by atoms with E-state index in [1.54, 1.807) is 12.3 Å². The minimum atomic E-state index is -0.449. The van der Waals surface area contributed by atoms with Crippen molar-refractivity contribution in [3.05, 3.63) is 39.6 Å². The molecule has 0 saturated carbocycles. The number of nitrogens with one attached hydrogen (secondary N) is 2. The van der Waals surface area contributed by atoms with Gasteiger partial charge in [0.15, 0.2) is 5.13 Å². The molecule has 1 amide bonds. The van der Waals surface area contributed by atoms with E-state index in [-0.39, 0.29) is 11.3 Å². The topological polar surface area (TPSA) is 54.0 Å². The van der Waals surface area contributed by atoms with Gasteiger partial charge < -0.3 is 5.32 Å². The third-order valence-electron chi connectivity index (χ3n) is 2.31. The SMILES string of the molecule is CCNc1c(F)cccc1C(=O)Nc1ncc(Br)s1. The van der Waals surface area contributed by atoms with Crippen LogP contribution in [0, 0.1) is 5.82 Å². The summed E-state index contributed by atoms with van der Waals surface area (Å²) in [7, 11) is 0. The summed E-state index contributed by atoms with van der Waals surface area (Å²) >= 11 is 4.56. The van der Waals surface area contributed by atoms with Crippen LogP contribution in [0.15, 0.2) is 28.2 Å². The van der Waals surface area contributed by atoms with Crippen LogP contribution in [-0.2, 0) is 0 Å². The van der Waals surface area contributed by atoms with Crippen LogP contribution in [0.1, 0.15) is 17.3 Å². The number of benzene rings is 1. The summed E-state index contributed by atoms with van der Waals surface area (Å²) in [6.45, 7) is 2.37. The highest BCUT2D eigenvalue weighted by molar-refractivity contribution is 9.11. The van der Waals surface area contributed by atoms with E-state index in [9.17, 15) is 9.18 Å². The summed E-state index contributed by atoms with van der Waals surface area (Å²) in [6.07, 6.45) is 1.59. The maximum Gasteiger partial charge on any atom is 0.259 e. The first kappa shape index (κ1) is 14.0. The molecule has 1 aromatic heterocycles. The van der Waals surface area contributed by atoms with Gasteiger partial charge in [0.2, 0.25) is 0 Å². The van der Waals surface area contributed by atoms with Crippen LogP contribution in [0.25, 0.3) is 0 Å². The molecule has 0 radical (unpaired) electrons. The Labute approximate surface area is 122 Å². The van der Waals surface area contributed by atoms with Crippen molar-refractivity contribution in [2.75, 3.05) is 17.2 Å². The molecule has 100 valence electrons. The van der Waals surface area contributed by atoms with Gasteiger partial charge in [0.1, 0.15) is 5.82 Å². The van der Waals surface area contributed by atoms with E-state index in [1.807, 2.05) is 6.92 Å². The predicted molar refractivity (Wildman–Crippen MR) is 78.3 cm³/mol. The first-order valence-electron chi connectivity index (χ1n) is 5.57. The number of hydrogen-bond donors (Lipinski definition) is 2. The van der Waals surface area contributed by atoms with Crippen molar-refractivity contribution >= 4 is 44.0 Å². The predicted octanol–water partition coefficient (Wildman–Crippen LogP) is 3.73. The molecule has 1 heterocycles. The molecule has 4 nitrogen and oxygen atoms in total. The van der Waals surface area contributed by atoms with Gasteiger partial charge in [-0.2, -0.15) is 0 Å².